The van der Waals surface area contributed by atoms with Crippen molar-refractivity contribution in [2.24, 2.45) is 0 Å². The summed E-state index contributed by atoms with van der Waals surface area (Å²) < 4.78 is 15.9. The van der Waals surface area contributed by atoms with Crippen LogP contribution in [0.15, 0.2) is 0 Å². The van der Waals surface area contributed by atoms with Crippen LogP contribution < -0.4 is 0 Å². The number of hydrogen-bond acceptors (Lipinski definition) is 8. The third-order valence-electron chi connectivity index (χ3n) is 4.69. The molecule has 0 aromatic carbocycles. The number of amides is 2. The second-order valence-corrected chi connectivity index (χ2v) is 9.76. The molecule has 0 aliphatic carbocycles. The van der Waals surface area contributed by atoms with Crippen LogP contribution in [0.25, 0.3) is 0 Å². The van der Waals surface area contributed by atoms with Crippen LogP contribution in [-0.4, -0.2) is 92.7 Å². The summed E-state index contributed by atoms with van der Waals surface area (Å²) >= 11 is 0. The summed E-state index contributed by atoms with van der Waals surface area (Å²) in [5.41, 5.74) is -1.61. The second kappa shape index (κ2) is 8.89. The number of rotatable bonds is 3. The van der Waals surface area contributed by atoms with Gasteiger partial charge in [0.1, 0.15) is 23.3 Å². The first-order valence-electron chi connectivity index (χ1n) is 10.2. The largest absolute Gasteiger partial charge is 0.480 e. The summed E-state index contributed by atoms with van der Waals surface area (Å²) in [5.74, 6) is -2.13. The molecule has 11 nitrogen and oxygen atoms in total. The topological polar surface area (TPSA) is 143 Å². The zero-order chi connectivity index (χ0) is 23.7. The molecule has 1 unspecified atom stereocenters. The average Bonchev–Trinajstić information content (AvgIpc) is 3.15. The number of ether oxygens (including phenoxy) is 3. The Labute approximate surface area is 181 Å². The van der Waals surface area contributed by atoms with Gasteiger partial charge in [-0.25, -0.2) is 19.2 Å². The Balaban J connectivity index is 2.08. The zero-order valence-electron chi connectivity index (χ0n) is 18.8. The molecule has 2 aliphatic heterocycles. The Morgan fingerprint density at radius 3 is 1.90 bits per heavy atom. The number of aliphatic hydroxyl groups is 1. The number of carboxylic acids is 1. The Bertz CT molecular complexity index is 725. The van der Waals surface area contributed by atoms with Crippen LogP contribution in [0.5, 0.6) is 0 Å². The van der Waals surface area contributed by atoms with Gasteiger partial charge in [0.15, 0.2) is 6.04 Å². The molecule has 2 saturated heterocycles. The van der Waals surface area contributed by atoms with E-state index < -0.39 is 59.6 Å². The summed E-state index contributed by atoms with van der Waals surface area (Å²) in [5, 5.41) is 19.7. The molecule has 31 heavy (non-hydrogen) atoms. The van der Waals surface area contributed by atoms with Crippen molar-refractivity contribution in [3.05, 3.63) is 0 Å². The molecule has 2 N–H and O–H groups in total. The van der Waals surface area contributed by atoms with Gasteiger partial charge >= 0.3 is 24.1 Å². The zero-order valence-corrected chi connectivity index (χ0v) is 18.8. The monoisotopic (exact) mass is 444 g/mol. The molecule has 0 bridgehead atoms. The van der Waals surface area contributed by atoms with E-state index in [4.69, 9.17) is 14.2 Å². The highest BCUT2D eigenvalue weighted by Gasteiger charge is 2.47. The van der Waals surface area contributed by atoms with Crippen molar-refractivity contribution in [3.63, 3.8) is 0 Å². The summed E-state index contributed by atoms with van der Waals surface area (Å²) in [6, 6.07) is -2.49. The van der Waals surface area contributed by atoms with Crippen molar-refractivity contribution >= 4 is 24.1 Å². The van der Waals surface area contributed by atoms with Gasteiger partial charge in [0, 0.05) is 13.0 Å². The Hall–Kier alpha value is -2.56. The minimum absolute atomic E-state index is 0.113. The van der Waals surface area contributed by atoms with E-state index in [1.54, 1.807) is 41.5 Å². The lowest BCUT2D eigenvalue weighted by Gasteiger charge is -2.29. The minimum Gasteiger partial charge on any atom is -0.480 e. The summed E-state index contributed by atoms with van der Waals surface area (Å²) in [7, 11) is 0. The fourth-order valence-electron chi connectivity index (χ4n) is 3.46. The second-order valence-electron chi connectivity index (χ2n) is 9.76. The first kappa shape index (κ1) is 24.7. The number of carboxylic acid groups (broad SMARTS) is 1. The Morgan fingerprint density at radius 1 is 0.903 bits per heavy atom. The number of carbonyl (C=O) groups is 4. The summed E-state index contributed by atoms with van der Waals surface area (Å²) in [4.78, 5) is 51.3. The maximum absolute atomic E-state index is 12.8. The lowest BCUT2D eigenvalue weighted by atomic mass is 10.1. The minimum atomic E-state index is -1.27. The van der Waals surface area contributed by atoms with Gasteiger partial charge in [0.2, 0.25) is 0 Å². The number of hydrogen-bond donors (Lipinski definition) is 2. The molecule has 0 aromatic heterocycles. The predicted octanol–water partition coefficient (Wildman–Crippen LogP) is 1.36. The quantitative estimate of drug-likeness (QED) is 0.487. The van der Waals surface area contributed by atoms with Gasteiger partial charge in [-0.15, -0.1) is 0 Å². The van der Waals surface area contributed by atoms with E-state index in [0.717, 1.165) is 9.80 Å². The molecular weight excluding hydrogens is 412 g/mol. The number of aliphatic hydroxyl groups excluding tert-OH is 1. The average molecular weight is 444 g/mol. The SMILES string of the molecule is CC(C)(C)OC(=O)N1CCC(O)[C@H]1C(=O)O[C@@H]1C[C@@H](C(=O)O)N(C(=O)OC(C)(C)C)C1. The molecule has 2 aliphatic rings. The molecule has 0 aromatic rings. The smallest absolute Gasteiger partial charge is 0.411 e. The number of carbonyl (C=O) groups excluding carboxylic acids is 3. The van der Waals surface area contributed by atoms with Crippen molar-refractivity contribution < 1.29 is 43.6 Å². The van der Waals surface area contributed by atoms with E-state index in [1.807, 2.05) is 0 Å². The summed E-state index contributed by atoms with van der Waals surface area (Å²) in [6.07, 6.45) is -3.60. The molecule has 0 spiro atoms. The Morgan fingerprint density at radius 2 is 1.42 bits per heavy atom. The van der Waals surface area contributed by atoms with Gasteiger partial charge < -0.3 is 24.4 Å². The summed E-state index contributed by atoms with van der Waals surface area (Å²) in [6.45, 7) is 9.94. The molecule has 2 fully saturated rings. The van der Waals surface area contributed by atoms with Crippen molar-refractivity contribution in [3.8, 4) is 0 Å². The van der Waals surface area contributed by atoms with Crippen molar-refractivity contribution in [2.45, 2.75) is 89.9 Å². The highest BCUT2D eigenvalue weighted by atomic mass is 16.6. The van der Waals surface area contributed by atoms with Gasteiger partial charge in [-0.3, -0.25) is 9.80 Å². The lowest BCUT2D eigenvalue weighted by molar-refractivity contribution is -0.156. The molecular formula is C20H32N2O9. The van der Waals surface area contributed by atoms with Gasteiger partial charge in [-0.1, -0.05) is 0 Å². The van der Waals surface area contributed by atoms with Gasteiger partial charge in [0.05, 0.1) is 12.6 Å². The molecule has 4 atom stereocenters. The molecule has 176 valence electrons. The Kier molecular flexibility index (Phi) is 7.09. The van der Waals surface area contributed by atoms with Gasteiger partial charge in [-0.2, -0.15) is 0 Å². The van der Waals surface area contributed by atoms with E-state index in [2.05, 4.69) is 0 Å². The standard InChI is InChI=1S/C20H32N2O9/c1-19(2,3)30-17(27)21-8-7-13(23)14(21)16(26)29-11-9-12(15(24)25)22(10-11)18(28)31-20(4,5)6/h11-14,23H,7-10H2,1-6H3,(H,24,25)/t11-,12+,13?,14+/m1/s1. The molecule has 2 heterocycles. The van der Waals surface area contributed by atoms with Crippen LogP contribution in [0.3, 0.4) is 0 Å². The number of esters is 1. The molecule has 0 radical (unpaired) electrons. The molecule has 2 rings (SSSR count). The molecule has 2 amide bonds. The van der Waals surface area contributed by atoms with E-state index in [-0.39, 0.29) is 25.9 Å². The third-order valence-corrected chi connectivity index (χ3v) is 4.69. The van der Waals surface area contributed by atoms with Crippen LogP contribution >= 0.6 is 0 Å². The normalized spacial score (nSPS) is 26.5. The fourth-order valence-corrected chi connectivity index (χ4v) is 3.46. The third kappa shape index (κ3) is 6.46. The van der Waals surface area contributed by atoms with Crippen LogP contribution in [0.4, 0.5) is 9.59 Å². The van der Waals surface area contributed by atoms with Gasteiger partial charge in [0.25, 0.3) is 0 Å². The number of likely N-dealkylation sites (tertiary alicyclic amines) is 2. The maximum Gasteiger partial charge on any atom is 0.411 e. The first-order valence-corrected chi connectivity index (χ1v) is 10.2. The van der Waals surface area contributed by atoms with Crippen molar-refractivity contribution in [1.29, 1.82) is 0 Å². The highest BCUT2D eigenvalue weighted by Crippen LogP contribution is 2.27. The van der Waals surface area contributed by atoms with Gasteiger partial charge in [-0.05, 0) is 48.0 Å². The highest BCUT2D eigenvalue weighted by molar-refractivity contribution is 5.84. The van der Waals surface area contributed by atoms with E-state index in [0.29, 0.717) is 0 Å². The lowest BCUT2D eigenvalue weighted by Crippen LogP contribution is -2.48. The van der Waals surface area contributed by atoms with E-state index in [1.165, 1.54) is 0 Å². The van der Waals surface area contributed by atoms with Crippen LogP contribution in [0.1, 0.15) is 54.4 Å². The van der Waals surface area contributed by atoms with Crippen molar-refractivity contribution in [2.75, 3.05) is 13.1 Å². The fraction of sp³-hybridized carbons (Fsp3) is 0.800. The van der Waals surface area contributed by atoms with E-state index in [9.17, 15) is 29.4 Å². The number of aliphatic carboxylic acids is 1. The maximum atomic E-state index is 12.8. The molecule has 0 saturated carbocycles. The first-order chi connectivity index (χ1) is 14.1. The number of nitrogens with zero attached hydrogens (tertiary/aromatic N) is 2. The van der Waals surface area contributed by atoms with Crippen molar-refractivity contribution in [1.82, 2.24) is 9.80 Å². The van der Waals surface area contributed by atoms with E-state index >= 15 is 0 Å². The molecule has 11 heteroatoms. The predicted molar refractivity (Wildman–Crippen MR) is 106 cm³/mol. The van der Waals surface area contributed by atoms with Crippen LogP contribution in [-0.2, 0) is 23.8 Å². The van der Waals surface area contributed by atoms with Crippen LogP contribution in [0, 0.1) is 0 Å². The van der Waals surface area contributed by atoms with Crippen LogP contribution in [0.2, 0.25) is 0 Å².